The van der Waals surface area contributed by atoms with E-state index < -0.39 is 0 Å². The molecule has 2 amide bonds. The molecular formula is C14H16N4O2S2. The van der Waals surface area contributed by atoms with Gasteiger partial charge in [0, 0.05) is 35.0 Å². The van der Waals surface area contributed by atoms with Gasteiger partial charge in [-0.1, -0.05) is 0 Å². The molecule has 0 aliphatic heterocycles. The Balaban J connectivity index is 1.47. The highest BCUT2D eigenvalue weighted by Crippen LogP contribution is 2.30. The maximum Gasteiger partial charge on any atom is 0.229 e. The van der Waals surface area contributed by atoms with E-state index in [4.69, 9.17) is 0 Å². The van der Waals surface area contributed by atoms with Crippen LogP contribution in [0, 0.1) is 11.8 Å². The number of hydrogen-bond donors (Lipinski definition) is 2. The Morgan fingerprint density at radius 2 is 1.27 bits per heavy atom. The lowest BCUT2D eigenvalue weighted by molar-refractivity contribution is -0.125. The number of carbonyl (C=O) groups is 2. The van der Waals surface area contributed by atoms with Gasteiger partial charge in [0.2, 0.25) is 11.8 Å². The van der Waals surface area contributed by atoms with Crippen LogP contribution in [0.2, 0.25) is 0 Å². The Morgan fingerprint density at radius 3 is 1.59 bits per heavy atom. The lowest BCUT2D eigenvalue weighted by Gasteiger charge is -2.26. The predicted molar refractivity (Wildman–Crippen MR) is 86.9 cm³/mol. The summed E-state index contributed by atoms with van der Waals surface area (Å²) >= 11 is 2.82. The number of aromatic nitrogens is 2. The van der Waals surface area contributed by atoms with Crippen molar-refractivity contribution in [3.05, 3.63) is 23.2 Å². The maximum atomic E-state index is 12.1. The number of nitrogens with one attached hydrogen (secondary N) is 2. The first-order chi connectivity index (χ1) is 10.7. The van der Waals surface area contributed by atoms with E-state index in [0.717, 1.165) is 25.7 Å². The average Bonchev–Trinajstić information content (AvgIpc) is 3.21. The number of rotatable bonds is 4. The van der Waals surface area contributed by atoms with Gasteiger partial charge < -0.3 is 10.6 Å². The van der Waals surface area contributed by atoms with Crippen LogP contribution in [0.25, 0.3) is 0 Å². The molecule has 0 radical (unpaired) electrons. The van der Waals surface area contributed by atoms with E-state index in [1.165, 1.54) is 22.7 Å². The molecule has 1 fully saturated rings. The van der Waals surface area contributed by atoms with Crippen molar-refractivity contribution in [3.63, 3.8) is 0 Å². The van der Waals surface area contributed by atoms with E-state index in [-0.39, 0.29) is 23.7 Å². The van der Waals surface area contributed by atoms with Crippen molar-refractivity contribution < 1.29 is 9.59 Å². The topological polar surface area (TPSA) is 84.0 Å². The molecular weight excluding hydrogens is 320 g/mol. The first-order valence-electron chi connectivity index (χ1n) is 7.13. The van der Waals surface area contributed by atoms with Gasteiger partial charge in [-0.3, -0.25) is 9.59 Å². The third kappa shape index (κ3) is 3.69. The van der Waals surface area contributed by atoms with E-state index in [1.54, 1.807) is 12.4 Å². The minimum atomic E-state index is -0.0344. The Labute approximate surface area is 136 Å². The van der Waals surface area contributed by atoms with Crippen LogP contribution in [0.4, 0.5) is 10.3 Å². The third-order valence-electron chi connectivity index (χ3n) is 3.79. The van der Waals surface area contributed by atoms with Crippen LogP contribution in [-0.4, -0.2) is 21.8 Å². The summed E-state index contributed by atoms with van der Waals surface area (Å²) in [6.45, 7) is 0. The Kier molecular flexibility index (Phi) is 4.79. The summed E-state index contributed by atoms with van der Waals surface area (Å²) in [6, 6.07) is 0. The molecule has 6 nitrogen and oxygen atoms in total. The quantitative estimate of drug-likeness (QED) is 0.899. The van der Waals surface area contributed by atoms with Gasteiger partial charge in [0.1, 0.15) is 0 Å². The van der Waals surface area contributed by atoms with Crippen LogP contribution in [0.1, 0.15) is 25.7 Å². The second-order valence-corrected chi connectivity index (χ2v) is 6.99. The largest absolute Gasteiger partial charge is 0.302 e. The zero-order valence-electron chi connectivity index (χ0n) is 11.8. The fourth-order valence-electron chi connectivity index (χ4n) is 2.60. The van der Waals surface area contributed by atoms with Crippen molar-refractivity contribution in [2.75, 3.05) is 10.6 Å². The molecule has 0 bridgehead atoms. The van der Waals surface area contributed by atoms with Crippen LogP contribution in [0.3, 0.4) is 0 Å². The molecule has 22 heavy (non-hydrogen) atoms. The molecule has 1 saturated carbocycles. The minimum Gasteiger partial charge on any atom is -0.302 e. The molecule has 0 atom stereocenters. The van der Waals surface area contributed by atoms with Gasteiger partial charge >= 0.3 is 0 Å². The molecule has 2 N–H and O–H groups in total. The van der Waals surface area contributed by atoms with Crippen molar-refractivity contribution >= 4 is 44.8 Å². The number of thiazole rings is 2. The Morgan fingerprint density at radius 1 is 0.864 bits per heavy atom. The van der Waals surface area contributed by atoms with Crippen LogP contribution in [0.5, 0.6) is 0 Å². The highest BCUT2D eigenvalue weighted by molar-refractivity contribution is 7.14. The smallest absolute Gasteiger partial charge is 0.229 e. The summed E-state index contributed by atoms with van der Waals surface area (Å²) in [7, 11) is 0. The first kappa shape index (κ1) is 15.1. The fourth-order valence-corrected chi connectivity index (χ4v) is 3.67. The van der Waals surface area contributed by atoms with Gasteiger partial charge in [0.15, 0.2) is 10.3 Å². The summed E-state index contributed by atoms with van der Waals surface area (Å²) < 4.78 is 0. The van der Waals surface area contributed by atoms with Gasteiger partial charge in [-0.2, -0.15) is 0 Å². The Hall–Kier alpha value is -1.80. The lowest BCUT2D eigenvalue weighted by Crippen LogP contribution is -2.31. The van der Waals surface area contributed by atoms with Gasteiger partial charge in [-0.05, 0) is 25.7 Å². The van der Waals surface area contributed by atoms with E-state index >= 15 is 0 Å². The van der Waals surface area contributed by atoms with E-state index in [0.29, 0.717) is 10.3 Å². The molecule has 0 unspecified atom stereocenters. The van der Waals surface area contributed by atoms with E-state index in [1.807, 2.05) is 10.8 Å². The molecule has 0 aromatic carbocycles. The summed E-state index contributed by atoms with van der Waals surface area (Å²) in [5, 5.41) is 10.6. The summed E-state index contributed by atoms with van der Waals surface area (Å²) in [4.78, 5) is 32.4. The number of anilines is 2. The van der Waals surface area contributed by atoms with E-state index in [2.05, 4.69) is 20.6 Å². The van der Waals surface area contributed by atoms with Crippen molar-refractivity contribution in [1.29, 1.82) is 0 Å². The van der Waals surface area contributed by atoms with Crippen LogP contribution in [-0.2, 0) is 9.59 Å². The molecule has 0 spiro atoms. The summed E-state index contributed by atoms with van der Waals surface area (Å²) in [5.41, 5.74) is 0. The van der Waals surface area contributed by atoms with Gasteiger partial charge in [-0.15, -0.1) is 22.7 Å². The highest BCUT2D eigenvalue weighted by Gasteiger charge is 2.30. The van der Waals surface area contributed by atoms with Crippen molar-refractivity contribution in [3.8, 4) is 0 Å². The molecule has 2 heterocycles. The molecule has 1 aliphatic rings. The Bertz CT molecular complexity index is 563. The SMILES string of the molecule is O=C(Nc1nccs1)C1CCC(C(=O)Nc2nccs2)CC1. The fraction of sp³-hybridized carbons (Fsp3) is 0.429. The van der Waals surface area contributed by atoms with Crippen LogP contribution >= 0.6 is 22.7 Å². The van der Waals surface area contributed by atoms with Crippen molar-refractivity contribution in [2.45, 2.75) is 25.7 Å². The average molecular weight is 336 g/mol. The minimum absolute atomic E-state index is 0.00808. The van der Waals surface area contributed by atoms with Crippen molar-refractivity contribution in [1.82, 2.24) is 9.97 Å². The van der Waals surface area contributed by atoms with Crippen LogP contribution in [0.15, 0.2) is 23.2 Å². The zero-order chi connectivity index (χ0) is 15.4. The molecule has 2 aromatic rings. The van der Waals surface area contributed by atoms with E-state index in [9.17, 15) is 9.59 Å². The molecule has 8 heteroatoms. The molecule has 0 saturated heterocycles. The summed E-state index contributed by atoms with van der Waals surface area (Å²) in [5.74, 6) is -0.0527. The molecule has 1 aliphatic carbocycles. The zero-order valence-corrected chi connectivity index (χ0v) is 13.5. The number of amides is 2. The number of hydrogen-bond acceptors (Lipinski definition) is 6. The molecule has 3 rings (SSSR count). The number of carbonyl (C=O) groups excluding carboxylic acids is 2. The normalized spacial score (nSPS) is 21.3. The first-order valence-corrected chi connectivity index (χ1v) is 8.89. The molecule has 2 aromatic heterocycles. The summed E-state index contributed by atoms with van der Waals surface area (Å²) in [6.07, 6.45) is 6.25. The molecule has 116 valence electrons. The monoisotopic (exact) mass is 336 g/mol. The standard InChI is InChI=1S/C14H16N4O2S2/c19-11(17-13-15-5-7-21-13)9-1-2-10(4-3-9)12(20)18-14-16-6-8-22-14/h5-10H,1-4H2,(H,15,17,19)(H,16,18,20). The highest BCUT2D eigenvalue weighted by atomic mass is 32.1. The number of nitrogens with zero attached hydrogens (tertiary/aromatic N) is 2. The maximum absolute atomic E-state index is 12.1. The van der Waals surface area contributed by atoms with Crippen LogP contribution < -0.4 is 10.6 Å². The lowest BCUT2D eigenvalue weighted by atomic mass is 9.81. The van der Waals surface area contributed by atoms with Gasteiger partial charge in [0.05, 0.1) is 0 Å². The van der Waals surface area contributed by atoms with Gasteiger partial charge in [-0.25, -0.2) is 9.97 Å². The third-order valence-corrected chi connectivity index (χ3v) is 5.17. The predicted octanol–water partition coefficient (Wildman–Crippen LogP) is 2.98. The van der Waals surface area contributed by atoms with Crippen molar-refractivity contribution in [2.24, 2.45) is 11.8 Å². The second kappa shape index (κ2) is 6.97. The van der Waals surface area contributed by atoms with Gasteiger partial charge in [0.25, 0.3) is 0 Å². The second-order valence-electron chi connectivity index (χ2n) is 5.20.